The van der Waals surface area contributed by atoms with Crippen LogP contribution in [0.1, 0.15) is 44.4 Å². The van der Waals surface area contributed by atoms with E-state index in [4.69, 9.17) is 0 Å². The number of hydrogen-bond acceptors (Lipinski definition) is 6. The molecule has 0 amide bonds. The van der Waals surface area contributed by atoms with Crippen molar-refractivity contribution in [1.82, 2.24) is 0 Å². The molecule has 0 fully saturated rings. The molecule has 0 saturated heterocycles. The molecule has 0 heterocycles. The molecular weight excluding hydrogens is 771 g/mol. The van der Waals surface area contributed by atoms with E-state index in [1.54, 1.807) is 0 Å². The predicted molar refractivity (Wildman–Crippen MR) is 223 cm³/mol. The fourth-order valence-electron chi connectivity index (χ4n) is 8.26. The molecule has 0 radical (unpaired) electrons. The van der Waals surface area contributed by atoms with Crippen LogP contribution in [0.2, 0.25) is 5.04 Å². The van der Waals surface area contributed by atoms with E-state index in [1.165, 1.54) is 83.1 Å². The SMILES string of the molecule is CC1=[C-]C(C)([Si](c2c(C)cc(N(C)C)cc2N(C)C)(c2c(C)cc(N(C)C)cc2N(C)C)c2c(C)cc(N(C)C)cc2N(C)C)C(C)=C1C.[Cl-].[Cl-].[Cl-].[Ti+4]. The van der Waals surface area contributed by atoms with Crippen LogP contribution in [-0.2, 0) is 21.7 Å². The van der Waals surface area contributed by atoms with Gasteiger partial charge in [-0.05, 0) is 89.4 Å². The van der Waals surface area contributed by atoms with Crippen LogP contribution in [0.3, 0.4) is 0 Å². The third kappa shape index (κ3) is 8.46. The van der Waals surface area contributed by atoms with Crippen molar-refractivity contribution in [3.8, 4) is 0 Å². The maximum absolute atomic E-state index is 4.28. The van der Waals surface area contributed by atoms with Gasteiger partial charge in [0.15, 0.2) is 8.07 Å². The van der Waals surface area contributed by atoms with Gasteiger partial charge in [0.2, 0.25) is 0 Å². The molecule has 53 heavy (non-hydrogen) atoms. The normalized spacial score (nSPS) is 15.0. The van der Waals surface area contributed by atoms with Crippen LogP contribution < -0.4 is 82.2 Å². The number of hydrogen-bond donors (Lipinski definition) is 0. The second kappa shape index (κ2) is 18.6. The van der Waals surface area contributed by atoms with Gasteiger partial charge in [0.1, 0.15) is 0 Å². The molecule has 290 valence electrons. The first-order valence-corrected chi connectivity index (χ1v) is 19.4. The van der Waals surface area contributed by atoms with Gasteiger partial charge in [-0.25, -0.2) is 5.57 Å². The van der Waals surface area contributed by atoms with Crippen LogP contribution in [0.4, 0.5) is 34.1 Å². The van der Waals surface area contributed by atoms with Crippen LogP contribution >= 0.6 is 0 Å². The summed E-state index contributed by atoms with van der Waals surface area (Å²) in [4.78, 5) is 13.8. The quantitative estimate of drug-likeness (QED) is 0.126. The molecule has 4 rings (SSSR count). The minimum atomic E-state index is -3.26. The van der Waals surface area contributed by atoms with Crippen molar-refractivity contribution in [2.75, 3.05) is 114 Å². The topological polar surface area (TPSA) is 19.4 Å². The van der Waals surface area contributed by atoms with Gasteiger partial charge in [0.25, 0.3) is 0 Å². The standard InChI is InChI=1S/C42H63N6Si.3ClH.Ti/c1-27-20-33(43(8)9)23-36(46(14)15)39(27)49(42(7)26-30(4)31(5)32(42)6,40-28(2)21-34(44(10)11)24-37(40)47(16)17)41-29(3)22-35(45(12)13)25-38(41)48(18)19;;;;/h20-25H,1-19H3;3*1H;/q-1;;;;+4/p-3. The number of benzene rings is 3. The van der Waals surface area contributed by atoms with E-state index in [0.29, 0.717) is 0 Å². The third-order valence-electron chi connectivity index (χ3n) is 11.1. The Hall–Kier alpha value is -2.26. The van der Waals surface area contributed by atoms with Gasteiger partial charge in [0, 0.05) is 119 Å². The van der Waals surface area contributed by atoms with Crippen molar-refractivity contribution < 1.29 is 58.9 Å². The van der Waals surface area contributed by atoms with Gasteiger partial charge in [-0.3, -0.25) is 6.08 Å². The van der Waals surface area contributed by atoms with Crippen LogP contribution in [-0.4, -0.2) is 92.6 Å². The Labute approximate surface area is 357 Å². The summed E-state index contributed by atoms with van der Waals surface area (Å²) in [6.45, 7) is 16.5. The molecular formula is C42H63Cl3N6SiTi. The maximum atomic E-state index is 4.28. The number of allylic oxidation sites excluding steroid dienone is 4. The Kier molecular flexibility index (Phi) is 17.8. The molecule has 1 aliphatic rings. The smallest absolute Gasteiger partial charge is 1.00 e. The zero-order valence-electron chi connectivity index (χ0n) is 35.8. The average Bonchev–Trinajstić information content (AvgIpc) is 3.20. The van der Waals surface area contributed by atoms with E-state index in [9.17, 15) is 0 Å². The zero-order valence-corrected chi connectivity index (χ0v) is 40.6. The maximum Gasteiger partial charge on any atom is 4.00 e. The average molecular weight is 834 g/mol. The fraction of sp³-hybridized carbons (Fsp3) is 0.476. The fourth-order valence-corrected chi connectivity index (χ4v) is 15.7. The summed E-state index contributed by atoms with van der Waals surface area (Å²) in [5.74, 6) is 0. The molecule has 1 atom stereocenters. The summed E-state index contributed by atoms with van der Waals surface area (Å²) in [5.41, 5.74) is 15.4. The number of rotatable bonds is 10. The van der Waals surface area contributed by atoms with Gasteiger partial charge < -0.3 is 66.6 Å². The molecule has 3 aromatic rings. The van der Waals surface area contributed by atoms with E-state index in [2.05, 4.69) is 205 Å². The molecule has 1 unspecified atom stereocenters. The molecule has 0 aliphatic heterocycles. The van der Waals surface area contributed by atoms with E-state index in [-0.39, 0.29) is 58.9 Å². The monoisotopic (exact) mass is 832 g/mol. The van der Waals surface area contributed by atoms with Crippen molar-refractivity contribution in [2.24, 2.45) is 0 Å². The molecule has 0 aromatic heterocycles. The van der Waals surface area contributed by atoms with Gasteiger partial charge >= 0.3 is 21.7 Å². The molecule has 11 heteroatoms. The summed E-state index contributed by atoms with van der Waals surface area (Å²) in [7, 11) is 22.9. The van der Waals surface area contributed by atoms with E-state index < -0.39 is 13.1 Å². The van der Waals surface area contributed by atoms with Gasteiger partial charge in [-0.2, -0.15) is 11.1 Å². The number of halogens is 3. The molecule has 0 N–H and O–H groups in total. The molecule has 0 saturated carbocycles. The summed E-state index contributed by atoms with van der Waals surface area (Å²) < 4.78 is 0. The largest absolute Gasteiger partial charge is 4.00 e. The van der Waals surface area contributed by atoms with Crippen molar-refractivity contribution in [3.63, 3.8) is 0 Å². The van der Waals surface area contributed by atoms with Crippen molar-refractivity contribution >= 4 is 57.8 Å². The Morgan fingerprint density at radius 3 is 0.906 bits per heavy atom. The van der Waals surface area contributed by atoms with Crippen LogP contribution in [0, 0.1) is 26.8 Å². The predicted octanol–water partition coefficient (Wildman–Crippen LogP) is -2.65. The van der Waals surface area contributed by atoms with E-state index in [0.717, 1.165) is 0 Å². The third-order valence-corrected chi connectivity index (χ3v) is 17.3. The molecule has 6 nitrogen and oxygen atoms in total. The first kappa shape index (κ1) is 50.7. The van der Waals surface area contributed by atoms with E-state index >= 15 is 0 Å². The molecule has 0 bridgehead atoms. The summed E-state index contributed by atoms with van der Waals surface area (Å²) >= 11 is 0. The van der Waals surface area contributed by atoms with Crippen LogP contribution in [0.15, 0.2) is 53.1 Å². The van der Waals surface area contributed by atoms with Crippen LogP contribution in [0.25, 0.3) is 0 Å². The Balaban J connectivity index is 0.00000676. The minimum Gasteiger partial charge on any atom is -1.00 e. The van der Waals surface area contributed by atoms with Crippen LogP contribution in [0.5, 0.6) is 0 Å². The van der Waals surface area contributed by atoms with Gasteiger partial charge in [0.05, 0.1) is 0 Å². The number of aryl methyl sites for hydroxylation is 3. The number of nitrogens with zero attached hydrogens (tertiary/aromatic N) is 6. The summed E-state index contributed by atoms with van der Waals surface area (Å²) in [6.07, 6.45) is 4.28. The Bertz CT molecular complexity index is 1670. The second-order valence-electron chi connectivity index (χ2n) is 15.7. The Morgan fingerprint density at radius 1 is 0.453 bits per heavy atom. The molecule has 0 spiro atoms. The van der Waals surface area contributed by atoms with Crippen molar-refractivity contribution in [3.05, 3.63) is 75.9 Å². The summed E-state index contributed by atoms with van der Waals surface area (Å²) in [5, 5.41) is 3.94. The van der Waals surface area contributed by atoms with E-state index in [1.807, 2.05) is 0 Å². The second-order valence-corrected chi connectivity index (χ2v) is 19.7. The van der Waals surface area contributed by atoms with Crippen molar-refractivity contribution in [1.29, 1.82) is 0 Å². The summed E-state index contributed by atoms with van der Waals surface area (Å²) in [6, 6.07) is 14.5. The molecule has 3 aromatic carbocycles. The Morgan fingerprint density at radius 2 is 0.717 bits per heavy atom. The zero-order chi connectivity index (χ0) is 37.1. The van der Waals surface area contributed by atoms with Gasteiger partial charge in [-0.1, -0.05) is 25.8 Å². The number of anilines is 6. The molecule has 1 aliphatic carbocycles. The van der Waals surface area contributed by atoms with Gasteiger partial charge in [-0.15, -0.1) is 6.92 Å². The minimum absolute atomic E-state index is 0. The first-order valence-electron chi connectivity index (χ1n) is 17.4. The van der Waals surface area contributed by atoms with Crippen molar-refractivity contribution in [2.45, 2.75) is 53.5 Å². The first-order chi connectivity index (χ1) is 22.6.